The van der Waals surface area contributed by atoms with E-state index in [0.29, 0.717) is 13.0 Å². The molecular weight excluding hydrogens is 164 g/mol. The van der Waals surface area contributed by atoms with E-state index in [1.54, 1.807) is 0 Å². The fourth-order valence-corrected chi connectivity index (χ4v) is 1.13. The Morgan fingerprint density at radius 2 is 2.31 bits per heavy atom. The summed E-state index contributed by atoms with van der Waals surface area (Å²) in [4.78, 5) is 0. The average Bonchev–Trinajstić information content (AvgIpc) is 2.50. The third-order valence-corrected chi connectivity index (χ3v) is 1.78. The molecule has 0 N–H and O–H groups in total. The number of nitrogens with zero attached hydrogens (tertiary/aromatic N) is 4. The lowest BCUT2D eigenvalue weighted by molar-refractivity contribution is -0.671. The van der Waals surface area contributed by atoms with E-state index >= 15 is 0 Å². The highest BCUT2D eigenvalue weighted by atomic mass is 15.1. The average molecular weight is 175 g/mol. The number of hydrogen-bond donors (Lipinski definition) is 0. The Labute approximate surface area is 77.3 Å². The van der Waals surface area contributed by atoms with Crippen LogP contribution in [0.1, 0.15) is 6.42 Å². The molecule has 66 valence electrons. The van der Waals surface area contributed by atoms with E-state index in [9.17, 15) is 0 Å². The highest BCUT2D eigenvalue weighted by Crippen LogP contribution is 2.03. The maximum absolute atomic E-state index is 8.70. The molecule has 0 aromatic carbocycles. The zero-order valence-corrected chi connectivity index (χ0v) is 7.51. The van der Waals surface area contributed by atoms with Gasteiger partial charge in [-0.05, 0) is 0 Å². The molecule has 1 rings (SSSR count). The van der Waals surface area contributed by atoms with Crippen molar-refractivity contribution in [1.29, 1.82) is 10.5 Å². The maximum atomic E-state index is 8.70. The lowest BCUT2D eigenvalue weighted by Gasteiger charge is -1.98. The molecule has 0 saturated heterocycles. The van der Waals surface area contributed by atoms with Gasteiger partial charge in [-0.3, -0.25) is 0 Å². The summed E-state index contributed by atoms with van der Waals surface area (Å²) in [5.74, 6) is -0.211. The predicted molar refractivity (Wildman–Crippen MR) is 44.9 cm³/mol. The summed E-state index contributed by atoms with van der Waals surface area (Å²) in [7, 11) is 1.92. The summed E-state index contributed by atoms with van der Waals surface area (Å²) >= 11 is 0. The first kappa shape index (κ1) is 9.28. The molecule has 13 heavy (non-hydrogen) atoms. The standard InChI is InChI=1S/C9H11N4/c1-12-4-5-13(8-12)7-9(6-11)2-3-10/h4-5,8-9H,2,7H2,1H3/q+1. The SMILES string of the molecule is C[n+]1ccn(CC(C#N)CC#N)c1. The minimum absolute atomic E-state index is 0.211. The van der Waals surface area contributed by atoms with Crippen LogP contribution >= 0.6 is 0 Å². The Morgan fingerprint density at radius 1 is 1.54 bits per heavy atom. The third kappa shape index (κ3) is 2.61. The Morgan fingerprint density at radius 3 is 2.77 bits per heavy atom. The molecular formula is C9H11N4+. The molecule has 0 aliphatic rings. The number of nitriles is 2. The third-order valence-electron chi connectivity index (χ3n) is 1.78. The van der Waals surface area contributed by atoms with E-state index in [0.717, 1.165) is 0 Å². The second-order valence-electron chi connectivity index (χ2n) is 2.96. The summed E-state index contributed by atoms with van der Waals surface area (Å²) < 4.78 is 3.81. The van der Waals surface area contributed by atoms with E-state index in [-0.39, 0.29) is 5.92 Å². The molecule has 1 atom stereocenters. The van der Waals surface area contributed by atoms with Crippen LogP contribution in [0.5, 0.6) is 0 Å². The number of rotatable bonds is 3. The molecule has 0 radical (unpaired) electrons. The zero-order chi connectivity index (χ0) is 9.68. The molecule has 1 unspecified atom stereocenters. The highest BCUT2D eigenvalue weighted by molar-refractivity contribution is 4.90. The lowest BCUT2D eigenvalue weighted by Crippen LogP contribution is -2.24. The summed E-state index contributed by atoms with van der Waals surface area (Å²) in [5.41, 5.74) is 0. The molecule has 0 spiro atoms. The van der Waals surface area contributed by atoms with Crippen LogP contribution in [0, 0.1) is 28.6 Å². The number of imidazole rings is 1. The van der Waals surface area contributed by atoms with Crippen LogP contribution in [0.4, 0.5) is 0 Å². The molecule has 1 heterocycles. The Bertz CT molecular complexity index is 352. The molecule has 0 amide bonds. The molecule has 0 fully saturated rings. The summed E-state index contributed by atoms with van der Waals surface area (Å²) in [6.07, 6.45) is 5.97. The first-order chi connectivity index (χ1) is 6.26. The second kappa shape index (κ2) is 4.27. The topological polar surface area (TPSA) is 56.4 Å². The van der Waals surface area contributed by atoms with Crippen molar-refractivity contribution in [3.05, 3.63) is 18.7 Å². The summed E-state index contributed by atoms with van der Waals surface area (Å²) in [6.45, 7) is 0.588. The van der Waals surface area contributed by atoms with E-state index in [4.69, 9.17) is 10.5 Å². The first-order valence-corrected chi connectivity index (χ1v) is 4.04. The van der Waals surface area contributed by atoms with Gasteiger partial charge in [0.15, 0.2) is 0 Å². The van der Waals surface area contributed by atoms with Gasteiger partial charge < -0.3 is 0 Å². The van der Waals surface area contributed by atoms with Gasteiger partial charge in [-0.25, -0.2) is 9.13 Å². The van der Waals surface area contributed by atoms with E-state index < -0.39 is 0 Å². The largest absolute Gasteiger partial charge is 0.243 e. The van der Waals surface area contributed by atoms with Gasteiger partial charge in [-0.15, -0.1) is 0 Å². The van der Waals surface area contributed by atoms with Crippen LogP contribution in [0.15, 0.2) is 18.7 Å². The smallest absolute Gasteiger partial charge is 0.240 e. The van der Waals surface area contributed by atoms with Crippen molar-refractivity contribution in [1.82, 2.24) is 4.57 Å². The minimum Gasteiger partial charge on any atom is -0.240 e. The number of aryl methyl sites for hydroxylation is 1. The van der Waals surface area contributed by atoms with Gasteiger partial charge in [0.1, 0.15) is 18.9 Å². The predicted octanol–water partition coefficient (Wildman–Crippen LogP) is 0.366. The van der Waals surface area contributed by atoms with Crippen LogP contribution < -0.4 is 4.57 Å². The Balaban J connectivity index is 2.58. The second-order valence-corrected chi connectivity index (χ2v) is 2.96. The number of hydrogen-bond acceptors (Lipinski definition) is 2. The van der Waals surface area contributed by atoms with Crippen LogP contribution in [0.2, 0.25) is 0 Å². The first-order valence-electron chi connectivity index (χ1n) is 4.04. The van der Waals surface area contributed by atoms with Gasteiger partial charge >= 0.3 is 0 Å². The van der Waals surface area contributed by atoms with Crippen LogP contribution in [-0.2, 0) is 13.6 Å². The summed E-state index contributed by atoms with van der Waals surface area (Å²) in [6, 6.07) is 4.11. The molecule has 1 aromatic heterocycles. The molecule has 4 nitrogen and oxygen atoms in total. The van der Waals surface area contributed by atoms with Gasteiger partial charge in [-0.1, -0.05) is 0 Å². The van der Waals surface area contributed by atoms with Gasteiger partial charge in [0.05, 0.1) is 31.5 Å². The van der Waals surface area contributed by atoms with E-state index in [1.807, 2.05) is 41.0 Å². The lowest BCUT2D eigenvalue weighted by atomic mass is 10.1. The van der Waals surface area contributed by atoms with E-state index in [1.165, 1.54) is 0 Å². The van der Waals surface area contributed by atoms with Crippen molar-refractivity contribution in [2.45, 2.75) is 13.0 Å². The quantitative estimate of drug-likeness (QED) is 0.623. The van der Waals surface area contributed by atoms with Crippen LogP contribution in [0.3, 0.4) is 0 Å². The highest BCUT2D eigenvalue weighted by Gasteiger charge is 2.11. The zero-order valence-electron chi connectivity index (χ0n) is 7.51. The Hall–Kier alpha value is -1.81. The normalized spacial score (nSPS) is 11.6. The van der Waals surface area contributed by atoms with Crippen LogP contribution in [-0.4, -0.2) is 4.57 Å². The molecule has 0 bridgehead atoms. The molecule has 0 aliphatic carbocycles. The van der Waals surface area contributed by atoms with Gasteiger partial charge in [0.25, 0.3) is 0 Å². The van der Waals surface area contributed by atoms with Crippen molar-refractivity contribution in [3.8, 4) is 12.1 Å². The molecule has 0 saturated carbocycles. The molecule has 4 heteroatoms. The van der Waals surface area contributed by atoms with Crippen molar-refractivity contribution in [3.63, 3.8) is 0 Å². The van der Waals surface area contributed by atoms with E-state index in [2.05, 4.69) is 6.07 Å². The molecule has 1 aromatic rings. The van der Waals surface area contributed by atoms with Crippen molar-refractivity contribution < 1.29 is 4.57 Å². The maximum Gasteiger partial charge on any atom is 0.243 e. The molecule has 0 aliphatic heterocycles. The van der Waals surface area contributed by atoms with Gasteiger partial charge in [0, 0.05) is 0 Å². The monoisotopic (exact) mass is 175 g/mol. The minimum atomic E-state index is -0.211. The fourth-order valence-electron chi connectivity index (χ4n) is 1.13. The van der Waals surface area contributed by atoms with Crippen molar-refractivity contribution >= 4 is 0 Å². The van der Waals surface area contributed by atoms with Gasteiger partial charge in [-0.2, -0.15) is 10.5 Å². The summed E-state index contributed by atoms with van der Waals surface area (Å²) in [5, 5.41) is 17.1. The fraction of sp³-hybridized carbons (Fsp3) is 0.444. The Kier molecular flexibility index (Phi) is 3.05. The van der Waals surface area contributed by atoms with Crippen LogP contribution in [0.25, 0.3) is 0 Å². The van der Waals surface area contributed by atoms with Crippen molar-refractivity contribution in [2.24, 2.45) is 13.0 Å². The number of aromatic nitrogens is 2. The van der Waals surface area contributed by atoms with Gasteiger partial charge in [0.2, 0.25) is 6.33 Å². The van der Waals surface area contributed by atoms with Crippen molar-refractivity contribution in [2.75, 3.05) is 0 Å².